The van der Waals surface area contributed by atoms with Crippen LogP contribution in [0, 0.1) is 6.92 Å². The fourth-order valence-corrected chi connectivity index (χ4v) is 1.45. The molecular formula is C10H11N3O. The highest BCUT2D eigenvalue weighted by Gasteiger charge is 2.10. The van der Waals surface area contributed by atoms with Gasteiger partial charge in [-0.05, 0) is 13.0 Å². The Morgan fingerprint density at radius 2 is 2.36 bits per heavy atom. The fourth-order valence-electron chi connectivity index (χ4n) is 1.45. The molecule has 0 saturated heterocycles. The average Bonchev–Trinajstić information content (AvgIpc) is 2.59. The lowest BCUT2D eigenvalue weighted by Gasteiger charge is -1.97. The summed E-state index contributed by atoms with van der Waals surface area (Å²) in [5, 5.41) is 3.51. The van der Waals surface area contributed by atoms with Crippen LogP contribution in [-0.4, -0.2) is 22.9 Å². The van der Waals surface area contributed by atoms with Crippen molar-refractivity contribution in [2.24, 2.45) is 0 Å². The summed E-state index contributed by atoms with van der Waals surface area (Å²) in [6.45, 7) is 1.90. The lowest BCUT2D eigenvalue weighted by molar-refractivity contribution is 0.0965. The van der Waals surface area contributed by atoms with Crippen molar-refractivity contribution in [3.8, 4) is 0 Å². The Balaban J connectivity index is 2.67. The molecule has 0 unspecified atom stereocenters. The Hall–Kier alpha value is -1.84. The minimum atomic E-state index is -0.0816. The van der Waals surface area contributed by atoms with E-state index >= 15 is 0 Å². The van der Waals surface area contributed by atoms with Gasteiger partial charge in [-0.1, -0.05) is 0 Å². The average molecular weight is 189 g/mol. The minimum Gasteiger partial charge on any atom is -0.359 e. The van der Waals surface area contributed by atoms with Crippen LogP contribution in [0.2, 0.25) is 0 Å². The zero-order valence-corrected chi connectivity index (χ0v) is 8.09. The number of amides is 1. The number of aromatic nitrogens is 2. The van der Waals surface area contributed by atoms with Crippen molar-refractivity contribution < 1.29 is 4.79 Å². The van der Waals surface area contributed by atoms with E-state index in [-0.39, 0.29) is 5.91 Å². The standard InChI is InChI=1S/C10H11N3O/c1-6-3-7-8(10(14)11-2)4-13-9(7)5-12-6/h3-5,13H,1-2H3,(H,11,14). The van der Waals surface area contributed by atoms with E-state index in [1.165, 1.54) is 0 Å². The largest absolute Gasteiger partial charge is 0.359 e. The Bertz CT molecular complexity index is 487. The highest BCUT2D eigenvalue weighted by Crippen LogP contribution is 2.17. The quantitative estimate of drug-likeness (QED) is 0.708. The van der Waals surface area contributed by atoms with E-state index in [9.17, 15) is 4.79 Å². The van der Waals surface area contributed by atoms with Crippen LogP contribution < -0.4 is 5.32 Å². The minimum absolute atomic E-state index is 0.0816. The van der Waals surface area contributed by atoms with Gasteiger partial charge in [-0.25, -0.2) is 0 Å². The van der Waals surface area contributed by atoms with E-state index < -0.39 is 0 Å². The number of fused-ring (bicyclic) bond motifs is 1. The van der Waals surface area contributed by atoms with Crippen molar-refractivity contribution in [3.05, 3.63) is 29.7 Å². The Labute approximate surface area is 81.3 Å². The molecule has 14 heavy (non-hydrogen) atoms. The molecule has 0 aliphatic heterocycles. The number of rotatable bonds is 1. The molecule has 0 atom stereocenters. The van der Waals surface area contributed by atoms with Gasteiger partial charge in [0.15, 0.2) is 0 Å². The van der Waals surface area contributed by atoms with Gasteiger partial charge in [0.25, 0.3) is 5.91 Å². The summed E-state index contributed by atoms with van der Waals surface area (Å²) in [7, 11) is 1.62. The third kappa shape index (κ3) is 1.25. The molecule has 0 radical (unpaired) electrons. The Kier molecular flexibility index (Phi) is 1.96. The molecule has 0 aromatic carbocycles. The maximum atomic E-state index is 11.4. The molecule has 2 rings (SSSR count). The van der Waals surface area contributed by atoms with Gasteiger partial charge in [-0.3, -0.25) is 9.78 Å². The molecule has 2 N–H and O–H groups in total. The third-order valence-electron chi connectivity index (χ3n) is 2.17. The molecule has 4 nitrogen and oxygen atoms in total. The van der Waals surface area contributed by atoms with Crippen molar-refractivity contribution in [2.45, 2.75) is 6.92 Å². The predicted octanol–water partition coefficient (Wildman–Crippen LogP) is 1.23. The second kappa shape index (κ2) is 3.14. The Morgan fingerprint density at radius 1 is 1.57 bits per heavy atom. The number of nitrogens with zero attached hydrogens (tertiary/aromatic N) is 1. The molecule has 0 saturated carbocycles. The van der Waals surface area contributed by atoms with E-state index in [0.29, 0.717) is 5.56 Å². The summed E-state index contributed by atoms with van der Waals surface area (Å²) < 4.78 is 0. The topological polar surface area (TPSA) is 57.8 Å². The van der Waals surface area contributed by atoms with Crippen molar-refractivity contribution in [3.63, 3.8) is 0 Å². The summed E-state index contributed by atoms with van der Waals surface area (Å²) in [6, 6.07) is 1.90. The number of nitrogens with one attached hydrogen (secondary N) is 2. The van der Waals surface area contributed by atoms with E-state index in [1.54, 1.807) is 19.4 Å². The molecule has 1 amide bonds. The van der Waals surface area contributed by atoms with Crippen molar-refractivity contribution in [2.75, 3.05) is 7.05 Å². The highest BCUT2D eigenvalue weighted by molar-refractivity contribution is 6.06. The van der Waals surface area contributed by atoms with Gasteiger partial charge < -0.3 is 10.3 Å². The van der Waals surface area contributed by atoms with Crippen LogP contribution in [0.3, 0.4) is 0 Å². The SMILES string of the molecule is CNC(=O)c1c[nH]c2cnc(C)cc12. The van der Waals surface area contributed by atoms with Crippen LogP contribution in [0.25, 0.3) is 10.9 Å². The first-order valence-electron chi connectivity index (χ1n) is 4.38. The van der Waals surface area contributed by atoms with E-state index in [4.69, 9.17) is 0 Å². The van der Waals surface area contributed by atoms with Crippen molar-refractivity contribution in [1.29, 1.82) is 0 Å². The summed E-state index contributed by atoms with van der Waals surface area (Å²) in [4.78, 5) is 18.6. The van der Waals surface area contributed by atoms with Crippen LogP contribution in [0.4, 0.5) is 0 Å². The first-order chi connectivity index (χ1) is 6.72. The maximum absolute atomic E-state index is 11.4. The van der Waals surface area contributed by atoms with Gasteiger partial charge >= 0.3 is 0 Å². The molecular weight excluding hydrogens is 178 g/mol. The maximum Gasteiger partial charge on any atom is 0.253 e. The zero-order valence-electron chi connectivity index (χ0n) is 8.09. The second-order valence-electron chi connectivity index (χ2n) is 3.15. The molecule has 72 valence electrons. The van der Waals surface area contributed by atoms with Crippen molar-refractivity contribution in [1.82, 2.24) is 15.3 Å². The van der Waals surface area contributed by atoms with Gasteiger partial charge in [0.1, 0.15) is 0 Å². The van der Waals surface area contributed by atoms with Crippen LogP contribution in [0.5, 0.6) is 0 Å². The number of hydrogen-bond donors (Lipinski definition) is 2. The lowest BCUT2D eigenvalue weighted by Crippen LogP contribution is -2.17. The molecule has 4 heteroatoms. The molecule has 0 spiro atoms. The smallest absolute Gasteiger partial charge is 0.253 e. The van der Waals surface area contributed by atoms with Gasteiger partial charge in [0, 0.05) is 24.3 Å². The van der Waals surface area contributed by atoms with Crippen LogP contribution in [0.15, 0.2) is 18.5 Å². The number of carbonyl (C=O) groups is 1. The molecule has 0 bridgehead atoms. The number of hydrogen-bond acceptors (Lipinski definition) is 2. The number of aromatic amines is 1. The van der Waals surface area contributed by atoms with Gasteiger partial charge in [0.05, 0.1) is 17.3 Å². The van der Waals surface area contributed by atoms with Crippen LogP contribution in [-0.2, 0) is 0 Å². The number of aryl methyl sites for hydroxylation is 1. The summed E-state index contributed by atoms with van der Waals surface area (Å²) in [5.74, 6) is -0.0816. The molecule has 2 aromatic rings. The highest BCUT2D eigenvalue weighted by atomic mass is 16.1. The first-order valence-corrected chi connectivity index (χ1v) is 4.38. The molecule has 2 heterocycles. The predicted molar refractivity (Wildman–Crippen MR) is 54.2 cm³/mol. The summed E-state index contributed by atoms with van der Waals surface area (Å²) in [5.41, 5.74) is 2.45. The van der Waals surface area contributed by atoms with Gasteiger partial charge in [0.2, 0.25) is 0 Å². The third-order valence-corrected chi connectivity index (χ3v) is 2.17. The van der Waals surface area contributed by atoms with Crippen LogP contribution >= 0.6 is 0 Å². The van der Waals surface area contributed by atoms with E-state index in [2.05, 4.69) is 15.3 Å². The molecule has 0 aliphatic rings. The van der Waals surface area contributed by atoms with Gasteiger partial charge in [-0.2, -0.15) is 0 Å². The summed E-state index contributed by atoms with van der Waals surface area (Å²) in [6.07, 6.45) is 3.43. The fraction of sp³-hybridized carbons (Fsp3) is 0.200. The monoisotopic (exact) mass is 189 g/mol. The lowest BCUT2D eigenvalue weighted by atomic mass is 10.2. The molecule has 0 fully saturated rings. The zero-order chi connectivity index (χ0) is 10.1. The van der Waals surface area contributed by atoms with E-state index in [1.807, 2.05) is 13.0 Å². The van der Waals surface area contributed by atoms with E-state index in [0.717, 1.165) is 16.6 Å². The molecule has 2 aromatic heterocycles. The van der Waals surface area contributed by atoms with Crippen molar-refractivity contribution >= 4 is 16.8 Å². The second-order valence-corrected chi connectivity index (χ2v) is 3.15. The summed E-state index contributed by atoms with van der Waals surface area (Å²) >= 11 is 0. The van der Waals surface area contributed by atoms with Crippen LogP contribution in [0.1, 0.15) is 16.1 Å². The normalized spacial score (nSPS) is 10.4. The Morgan fingerprint density at radius 3 is 3.07 bits per heavy atom. The number of pyridine rings is 1. The van der Waals surface area contributed by atoms with Gasteiger partial charge in [-0.15, -0.1) is 0 Å². The number of carbonyl (C=O) groups excluding carboxylic acids is 1. The number of H-pyrrole nitrogens is 1. The first kappa shape index (κ1) is 8.74. The molecule has 0 aliphatic carbocycles.